The van der Waals surface area contributed by atoms with E-state index in [9.17, 15) is 8.78 Å². The van der Waals surface area contributed by atoms with E-state index in [1.54, 1.807) is 18.2 Å². The molecule has 3 rings (SSSR count). The van der Waals surface area contributed by atoms with E-state index in [1.165, 1.54) is 17.2 Å². The summed E-state index contributed by atoms with van der Waals surface area (Å²) in [4.78, 5) is 0. The van der Waals surface area contributed by atoms with Crippen molar-refractivity contribution in [2.24, 2.45) is 0 Å². The van der Waals surface area contributed by atoms with Crippen molar-refractivity contribution >= 4 is 0 Å². The SMILES string of the molecule is FC(F)c1ccccc1-c1ccc2c(c1)CNCC2. The van der Waals surface area contributed by atoms with E-state index in [-0.39, 0.29) is 5.56 Å². The fourth-order valence-electron chi connectivity index (χ4n) is 2.60. The Labute approximate surface area is 111 Å². The Bertz CT molecular complexity index is 593. The van der Waals surface area contributed by atoms with E-state index in [4.69, 9.17) is 0 Å². The molecule has 0 amide bonds. The van der Waals surface area contributed by atoms with Crippen LogP contribution in [0, 0.1) is 0 Å². The predicted octanol–water partition coefficient (Wildman–Crippen LogP) is 3.94. The first-order valence-electron chi connectivity index (χ1n) is 6.45. The summed E-state index contributed by atoms with van der Waals surface area (Å²) in [5.74, 6) is 0. The van der Waals surface area contributed by atoms with Crippen LogP contribution < -0.4 is 5.32 Å². The Balaban J connectivity index is 2.07. The lowest BCUT2D eigenvalue weighted by Gasteiger charge is -2.18. The van der Waals surface area contributed by atoms with E-state index in [0.29, 0.717) is 5.56 Å². The number of rotatable bonds is 2. The molecule has 1 heterocycles. The molecular formula is C16H15F2N. The van der Waals surface area contributed by atoms with Crippen molar-refractivity contribution in [1.29, 1.82) is 0 Å². The van der Waals surface area contributed by atoms with Gasteiger partial charge in [0.15, 0.2) is 0 Å². The van der Waals surface area contributed by atoms with Crippen LogP contribution in [0.1, 0.15) is 23.1 Å². The molecule has 2 aromatic rings. The molecule has 0 aromatic heterocycles. The van der Waals surface area contributed by atoms with Crippen molar-refractivity contribution in [2.75, 3.05) is 6.54 Å². The van der Waals surface area contributed by atoms with Gasteiger partial charge < -0.3 is 5.32 Å². The molecular weight excluding hydrogens is 244 g/mol. The Morgan fingerprint density at radius 2 is 1.84 bits per heavy atom. The molecule has 98 valence electrons. The van der Waals surface area contributed by atoms with Crippen molar-refractivity contribution in [3.05, 3.63) is 59.2 Å². The van der Waals surface area contributed by atoms with Gasteiger partial charge in [0.2, 0.25) is 0 Å². The van der Waals surface area contributed by atoms with Gasteiger partial charge in [0, 0.05) is 12.1 Å². The third-order valence-corrected chi connectivity index (χ3v) is 3.60. The lowest BCUT2D eigenvalue weighted by atomic mass is 9.93. The molecule has 0 aliphatic carbocycles. The molecule has 0 saturated carbocycles. The van der Waals surface area contributed by atoms with Gasteiger partial charge in [0.25, 0.3) is 6.43 Å². The number of hydrogen-bond acceptors (Lipinski definition) is 1. The summed E-state index contributed by atoms with van der Waals surface area (Å²) in [6.07, 6.45) is -1.43. The van der Waals surface area contributed by atoms with Gasteiger partial charge in [0.1, 0.15) is 0 Å². The standard InChI is InChI=1S/C16H15F2N/c17-16(18)15-4-2-1-3-14(15)12-6-5-11-7-8-19-10-13(11)9-12/h1-6,9,16,19H,7-8,10H2. The summed E-state index contributed by atoms with van der Waals surface area (Å²) >= 11 is 0. The number of benzene rings is 2. The molecule has 1 aliphatic heterocycles. The average Bonchev–Trinajstić information content (AvgIpc) is 2.46. The van der Waals surface area contributed by atoms with Crippen LogP contribution >= 0.6 is 0 Å². The van der Waals surface area contributed by atoms with Gasteiger partial charge in [-0.15, -0.1) is 0 Å². The molecule has 0 fully saturated rings. The molecule has 19 heavy (non-hydrogen) atoms. The van der Waals surface area contributed by atoms with Crippen LogP contribution in [0.25, 0.3) is 11.1 Å². The first-order valence-corrected chi connectivity index (χ1v) is 6.45. The zero-order valence-electron chi connectivity index (χ0n) is 10.5. The molecule has 1 N–H and O–H groups in total. The molecule has 0 unspecified atom stereocenters. The smallest absolute Gasteiger partial charge is 0.264 e. The highest BCUT2D eigenvalue weighted by atomic mass is 19.3. The van der Waals surface area contributed by atoms with E-state index in [1.807, 2.05) is 12.1 Å². The molecule has 0 atom stereocenters. The normalized spacial score (nSPS) is 14.5. The van der Waals surface area contributed by atoms with Crippen molar-refractivity contribution in [3.63, 3.8) is 0 Å². The number of fused-ring (bicyclic) bond motifs is 1. The van der Waals surface area contributed by atoms with E-state index in [0.717, 1.165) is 25.1 Å². The maximum atomic E-state index is 13.0. The van der Waals surface area contributed by atoms with Gasteiger partial charge in [-0.1, -0.05) is 36.4 Å². The van der Waals surface area contributed by atoms with Gasteiger partial charge >= 0.3 is 0 Å². The Morgan fingerprint density at radius 1 is 1.00 bits per heavy atom. The van der Waals surface area contributed by atoms with Crippen LogP contribution in [0.4, 0.5) is 8.78 Å². The molecule has 1 nitrogen and oxygen atoms in total. The zero-order chi connectivity index (χ0) is 13.2. The van der Waals surface area contributed by atoms with Crippen molar-refractivity contribution in [3.8, 4) is 11.1 Å². The second-order valence-corrected chi connectivity index (χ2v) is 4.80. The van der Waals surface area contributed by atoms with Crippen molar-refractivity contribution in [2.45, 2.75) is 19.4 Å². The summed E-state index contributed by atoms with van der Waals surface area (Å²) < 4.78 is 26.1. The Hall–Kier alpha value is -1.74. The van der Waals surface area contributed by atoms with Crippen LogP contribution in [0.2, 0.25) is 0 Å². The van der Waals surface area contributed by atoms with Crippen LogP contribution in [0.3, 0.4) is 0 Å². The van der Waals surface area contributed by atoms with Gasteiger partial charge in [-0.25, -0.2) is 8.78 Å². The number of nitrogens with one attached hydrogen (secondary N) is 1. The zero-order valence-corrected chi connectivity index (χ0v) is 10.5. The van der Waals surface area contributed by atoms with E-state index < -0.39 is 6.43 Å². The highest BCUT2D eigenvalue weighted by Gasteiger charge is 2.15. The maximum Gasteiger partial charge on any atom is 0.264 e. The molecule has 0 bridgehead atoms. The first-order chi connectivity index (χ1) is 9.25. The number of hydrogen-bond donors (Lipinski definition) is 1. The number of alkyl halides is 2. The van der Waals surface area contributed by atoms with E-state index >= 15 is 0 Å². The summed E-state index contributed by atoms with van der Waals surface area (Å²) in [6, 6.07) is 12.8. The fourth-order valence-corrected chi connectivity index (χ4v) is 2.60. The topological polar surface area (TPSA) is 12.0 Å². The number of halogens is 2. The van der Waals surface area contributed by atoms with Crippen LogP contribution in [-0.2, 0) is 13.0 Å². The Morgan fingerprint density at radius 3 is 2.68 bits per heavy atom. The minimum absolute atomic E-state index is 0.103. The predicted molar refractivity (Wildman–Crippen MR) is 72.2 cm³/mol. The van der Waals surface area contributed by atoms with Gasteiger partial charge in [-0.05, 0) is 41.3 Å². The molecule has 2 aromatic carbocycles. The second-order valence-electron chi connectivity index (χ2n) is 4.80. The molecule has 1 aliphatic rings. The van der Waals surface area contributed by atoms with Crippen molar-refractivity contribution < 1.29 is 8.78 Å². The van der Waals surface area contributed by atoms with Crippen LogP contribution in [0.15, 0.2) is 42.5 Å². The highest BCUT2D eigenvalue weighted by Crippen LogP contribution is 2.32. The summed E-state index contributed by atoms with van der Waals surface area (Å²) in [7, 11) is 0. The summed E-state index contributed by atoms with van der Waals surface area (Å²) in [5, 5.41) is 3.31. The molecule has 0 radical (unpaired) electrons. The highest BCUT2D eigenvalue weighted by molar-refractivity contribution is 5.69. The first kappa shape index (κ1) is 12.3. The minimum atomic E-state index is -2.44. The fraction of sp³-hybridized carbons (Fsp3) is 0.250. The van der Waals surface area contributed by atoms with Gasteiger partial charge in [0.05, 0.1) is 0 Å². The largest absolute Gasteiger partial charge is 0.312 e. The van der Waals surface area contributed by atoms with Crippen LogP contribution in [0.5, 0.6) is 0 Å². The second kappa shape index (κ2) is 5.10. The summed E-state index contributed by atoms with van der Waals surface area (Å²) in [5.41, 5.74) is 4.14. The van der Waals surface area contributed by atoms with Crippen molar-refractivity contribution in [1.82, 2.24) is 5.32 Å². The van der Waals surface area contributed by atoms with E-state index in [2.05, 4.69) is 11.4 Å². The maximum absolute atomic E-state index is 13.0. The summed E-state index contributed by atoms with van der Waals surface area (Å²) in [6.45, 7) is 1.81. The third-order valence-electron chi connectivity index (χ3n) is 3.60. The lowest BCUT2D eigenvalue weighted by Crippen LogP contribution is -2.23. The molecule has 0 saturated heterocycles. The van der Waals surface area contributed by atoms with Crippen LogP contribution in [-0.4, -0.2) is 6.54 Å². The molecule has 0 spiro atoms. The lowest BCUT2D eigenvalue weighted by molar-refractivity contribution is 0.152. The van der Waals surface area contributed by atoms with Gasteiger partial charge in [-0.2, -0.15) is 0 Å². The quantitative estimate of drug-likeness (QED) is 0.861. The average molecular weight is 259 g/mol. The minimum Gasteiger partial charge on any atom is -0.312 e. The monoisotopic (exact) mass is 259 g/mol. The Kier molecular flexibility index (Phi) is 3.30. The molecule has 3 heteroatoms. The third kappa shape index (κ3) is 2.38. The van der Waals surface area contributed by atoms with Gasteiger partial charge in [-0.3, -0.25) is 0 Å².